The van der Waals surface area contributed by atoms with Crippen LogP contribution in [0.15, 0.2) is 40.6 Å². The number of carbonyl (C=O) groups excluding carboxylic acids is 4. The van der Waals surface area contributed by atoms with E-state index < -0.39 is 29.2 Å². The summed E-state index contributed by atoms with van der Waals surface area (Å²) in [5.41, 5.74) is 10.7. The van der Waals surface area contributed by atoms with Gasteiger partial charge in [0.1, 0.15) is 34.4 Å². The Morgan fingerprint density at radius 2 is 1.67 bits per heavy atom. The maximum Gasteiger partial charge on any atom is 0.246 e. The van der Waals surface area contributed by atoms with Crippen molar-refractivity contribution in [2.45, 2.75) is 150 Å². The molecule has 1 saturated heterocycles. The van der Waals surface area contributed by atoms with Crippen molar-refractivity contribution in [2.75, 3.05) is 38.5 Å². The number of thiazole rings is 1. The molecule has 8 N–H and O–H groups in total. The molecule has 0 spiro atoms. The van der Waals surface area contributed by atoms with Crippen LogP contribution in [0.1, 0.15) is 123 Å². The van der Waals surface area contributed by atoms with Gasteiger partial charge in [-0.3, -0.25) is 19.2 Å². The van der Waals surface area contributed by atoms with E-state index in [1.807, 2.05) is 69.0 Å². The van der Waals surface area contributed by atoms with Crippen molar-refractivity contribution in [1.82, 2.24) is 56.0 Å². The second-order valence-corrected chi connectivity index (χ2v) is 20.9. The molecule has 0 aliphatic carbocycles. The van der Waals surface area contributed by atoms with Gasteiger partial charge in [-0.1, -0.05) is 70.2 Å². The van der Waals surface area contributed by atoms with Crippen molar-refractivity contribution in [2.24, 2.45) is 5.41 Å². The quantitative estimate of drug-likeness (QED) is 0.0298. The minimum Gasteiger partial charge on any atom is -0.490 e. The Morgan fingerprint density at radius 1 is 0.945 bits per heavy atom. The molecule has 0 saturated carbocycles. The summed E-state index contributed by atoms with van der Waals surface area (Å²) >= 11 is 1.58. The zero-order valence-electron chi connectivity index (χ0n) is 43.2. The molecule has 6 rings (SSSR count). The first kappa shape index (κ1) is 55.8. The molecule has 20 nitrogen and oxygen atoms in total. The van der Waals surface area contributed by atoms with Crippen LogP contribution in [0.2, 0.25) is 0 Å². The highest BCUT2D eigenvalue weighted by molar-refractivity contribution is 7.13. The molecule has 1 fully saturated rings. The minimum atomic E-state index is -1.23. The van der Waals surface area contributed by atoms with Crippen LogP contribution in [0.3, 0.4) is 0 Å². The molecule has 394 valence electrons. The lowest BCUT2D eigenvalue weighted by Crippen LogP contribution is -2.57. The van der Waals surface area contributed by atoms with E-state index in [9.17, 15) is 29.4 Å². The number of aliphatic hydroxyl groups is 2. The summed E-state index contributed by atoms with van der Waals surface area (Å²) in [5.74, 6) is 5.80. The number of β-amino-alcohol motifs (C(OH)–C–C–N with tert-alkyl or cyclic N) is 1. The van der Waals surface area contributed by atoms with Gasteiger partial charge in [0.25, 0.3) is 0 Å². The number of aliphatic hydroxyl groups excluding tert-OH is 1. The number of anilines is 1. The molecule has 0 bridgehead atoms. The Kier molecular flexibility index (Phi) is 19.9. The van der Waals surface area contributed by atoms with Crippen molar-refractivity contribution in [1.29, 1.82) is 0 Å². The number of aryl methyl sites for hydroxylation is 2. The predicted octanol–water partition coefficient (Wildman–Crippen LogP) is 5.04. The van der Waals surface area contributed by atoms with Crippen molar-refractivity contribution >= 4 is 51.8 Å². The number of ether oxygens (including phenoxy) is 1. The Labute approximate surface area is 431 Å². The van der Waals surface area contributed by atoms with Gasteiger partial charge >= 0.3 is 0 Å². The SMILES string of the molecule is CCn1c(-c2nonc2N)nc2c(C#CC(C)(C)O)ncc(OCCCNCCCC(=O)NCCCCCCCC(=O)NC(C(=O)N3C[C@H](O)C[C@H]3C(=O)NCc3ccc(-c4scnc4C)cc3)C(C)(C)C)c21. The third-order valence-electron chi connectivity index (χ3n) is 12.4. The fourth-order valence-corrected chi connectivity index (χ4v) is 9.32. The molecule has 1 aromatic carbocycles. The largest absolute Gasteiger partial charge is 0.490 e. The van der Waals surface area contributed by atoms with Gasteiger partial charge in [-0.05, 0) is 99.2 Å². The van der Waals surface area contributed by atoms with Crippen LogP contribution in [0.25, 0.3) is 33.0 Å². The number of amides is 4. The minimum absolute atomic E-state index is 0.00608. The Hall–Kier alpha value is -6.47. The summed E-state index contributed by atoms with van der Waals surface area (Å²) in [7, 11) is 0. The second kappa shape index (κ2) is 26.0. The Balaban J connectivity index is 0.827. The van der Waals surface area contributed by atoms with E-state index in [-0.39, 0.29) is 61.1 Å². The number of hydrogen-bond acceptors (Lipinski definition) is 16. The van der Waals surface area contributed by atoms with E-state index >= 15 is 0 Å². The highest BCUT2D eigenvalue weighted by atomic mass is 32.1. The lowest BCUT2D eigenvalue weighted by atomic mass is 9.85. The smallest absolute Gasteiger partial charge is 0.246 e. The van der Waals surface area contributed by atoms with Crippen LogP contribution in [0, 0.1) is 24.2 Å². The number of imidazole rings is 1. The number of pyridine rings is 1. The molecule has 1 aliphatic rings. The summed E-state index contributed by atoms with van der Waals surface area (Å²) in [6.07, 6.45) is 7.04. The summed E-state index contributed by atoms with van der Waals surface area (Å²) in [4.78, 5) is 69.2. The first-order valence-electron chi connectivity index (χ1n) is 25.2. The van der Waals surface area contributed by atoms with Gasteiger partial charge in [-0.2, -0.15) is 0 Å². The maximum absolute atomic E-state index is 14.0. The first-order valence-corrected chi connectivity index (χ1v) is 26.1. The van der Waals surface area contributed by atoms with Gasteiger partial charge in [-0.25, -0.2) is 19.6 Å². The van der Waals surface area contributed by atoms with E-state index in [0.29, 0.717) is 86.8 Å². The van der Waals surface area contributed by atoms with Crippen LogP contribution in [-0.4, -0.2) is 125 Å². The number of hydrogen-bond donors (Lipinski definition) is 7. The van der Waals surface area contributed by atoms with Crippen LogP contribution in [0.5, 0.6) is 5.75 Å². The van der Waals surface area contributed by atoms with Crippen LogP contribution < -0.4 is 31.7 Å². The lowest BCUT2D eigenvalue weighted by molar-refractivity contribution is -0.144. The number of aromatic nitrogens is 6. The molecule has 0 radical (unpaired) electrons. The maximum atomic E-state index is 14.0. The third kappa shape index (κ3) is 15.8. The molecule has 5 heterocycles. The number of rotatable bonds is 25. The van der Waals surface area contributed by atoms with E-state index in [1.165, 1.54) is 4.90 Å². The van der Waals surface area contributed by atoms with Crippen molar-refractivity contribution in [3.05, 3.63) is 52.9 Å². The fraction of sp³-hybridized carbons (Fsp3) is 0.558. The molecular weight excluding hydrogens is 953 g/mol. The fourth-order valence-electron chi connectivity index (χ4n) is 8.51. The number of nitrogens with zero attached hydrogens (tertiary/aromatic N) is 7. The summed E-state index contributed by atoms with van der Waals surface area (Å²) < 4.78 is 12.9. The standard InChI is InChI=1S/C52H72N12O8S/c1-8-63-44-39(30-56-37(22-23-52(6,7)70)42(44)60-48(63)43-47(53)62-72-61-43)71-27-15-25-54-24-14-17-40(66)55-26-13-11-9-10-12-16-41(67)59-46(51(3,4)5)50(69)64-31-36(65)28-38(64)49(68)57-29-34-18-20-35(21-19-34)45-33(2)58-32-73-45/h18-21,30,32,36,38,46,54,65,70H,8-17,24-29,31H2,1-7H3,(H2,53,62)(H,55,66)(H,57,68)(H,59,67)/t36-,38+,46?/m1/s1. The van der Waals surface area contributed by atoms with Gasteiger partial charge in [0.05, 0.1) is 35.0 Å². The van der Waals surface area contributed by atoms with Crippen LogP contribution >= 0.6 is 11.3 Å². The zero-order chi connectivity index (χ0) is 52.7. The van der Waals surface area contributed by atoms with Crippen molar-refractivity contribution in [3.8, 4) is 39.5 Å². The van der Waals surface area contributed by atoms with E-state index in [2.05, 4.69) is 53.4 Å². The average molecular weight is 1030 g/mol. The summed E-state index contributed by atoms with van der Waals surface area (Å²) in [6, 6.07) is 6.16. The van der Waals surface area contributed by atoms with Gasteiger partial charge in [0.15, 0.2) is 23.1 Å². The molecule has 21 heteroatoms. The Morgan fingerprint density at radius 3 is 2.36 bits per heavy atom. The monoisotopic (exact) mass is 1020 g/mol. The van der Waals surface area contributed by atoms with E-state index in [4.69, 9.17) is 20.1 Å². The Bertz CT molecular complexity index is 2710. The molecule has 73 heavy (non-hydrogen) atoms. The number of benzene rings is 1. The second-order valence-electron chi connectivity index (χ2n) is 20.0. The third-order valence-corrected chi connectivity index (χ3v) is 13.4. The predicted molar refractivity (Wildman–Crippen MR) is 279 cm³/mol. The van der Waals surface area contributed by atoms with Crippen molar-refractivity contribution in [3.63, 3.8) is 0 Å². The normalized spacial score (nSPS) is 15.2. The highest BCUT2D eigenvalue weighted by Crippen LogP contribution is 2.34. The summed E-state index contributed by atoms with van der Waals surface area (Å²) in [5, 5.41) is 40.7. The van der Waals surface area contributed by atoms with Crippen LogP contribution in [-0.2, 0) is 32.3 Å². The number of carbonyl (C=O) groups is 4. The van der Waals surface area contributed by atoms with Crippen LogP contribution in [0.4, 0.5) is 5.82 Å². The molecule has 5 aromatic rings. The number of nitrogens with one attached hydrogen (secondary N) is 4. The number of nitrogen functional groups attached to an aromatic ring is 1. The van der Waals surface area contributed by atoms with Gasteiger partial charge in [0, 0.05) is 45.4 Å². The van der Waals surface area contributed by atoms with Gasteiger partial charge < -0.3 is 51.4 Å². The molecule has 1 aliphatic heterocycles. The first-order chi connectivity index (χ1) is 34.8. The van der Waals surface area contributed by atoms with E-state index in [1.54, 1.807) is 31.4 Å². The van der Waals surface area contributed by atoms with Crippen molar-refractivity contribution < 1.29 is 38.8 Å². The number of unbranched alkanes of at least 4 members (excludes halogenated alkanes) is 4. The van der Waals surface area contributed by atoms with Gasteiger partial charge in [0.2, 0.25) is 23.6 Å². The zero-order valence-corrected chi connectivity index (χ0v) is 44.0. The van der Waals surface area contributed by atoms with Gasteiger partial charge in [-0.15, -0.1) is 11.3 Å². The lowest BCUT2D eigenvalue weighted by Gasteiger charge is -2.35. The molecule has 3 atom stereocenters. The summed E-state index contributed by atoms with van der Waals surface area (Å²) in [6.45, 7) is 15.8. The highest BCUT2D eigenvalue weighted by Gasteiger charge is 2.44. The van der Waals surface area contributed by atoms with E-state index in [0.717, 1.165) is 47.4 Å². The number of fused-ring (bicyclic) bond motifs is 1. The molecule has 4 aromatic heterocycles. The number of nitrogens with two attached hydrogens (primary N) is 1. The average Bonchev–Trinajstić information content (AvgIpc) is 4.16. The molecular formula is C52H72N12O8S. The number of likely N-dealkylation sites (tertiary alicyclic amines) is 1. The topological polar surface area (TPSA) is 278 Å². The molecule has 1 unspecified atom stereocenters. The molecule has 4 amide bonds.